The monoisotopic (exact) mass is 211 g/mol. The van der Waals surface area contributed by atoms with Crippen molar-refractivity contribution in [3.63, 3.8) is 0 Å². The summed E-state index contributed by atoms with van der Waals surface area (Å²) in [5, 5.41) is 11.6. The Morgan fingerprint density at radius 1 is 1.47 bits per heavy atom. The first-order valence-electron chi connectivity index (χ1n) is 5.19. The molecule has 2 atom stereocenters. The highest BCUT2D eigenvalue weighted by molar-refractivity contribution is 5.77. The molecule has 0 radical (unpaired) electrons. The topological polar surface area (TPSA) is 66.4 Å². The zero-order chi connectivity index (χ0) is 11.4. The van der Waals surface area contributed by atoms with Crippen LogP contribution in [0.4, 0.5) is 0 Å². The molecule has 84 valence electrons. The van der Waals surface area contributed by atoms with Gasteiger partial charge in [0, 0.05) is 12.5 Å². The van der Waals surface area contributed by atoms with Crippen LogP contribution >= 0.6 is 0 Å². The molecule has 0 fully saturated rings. The van der Waals surface area contributed by atoms with Crippen LogP contribution in [0.15, 0.2) is 12.2 Å². The van der Waals surface area contributed by atoms with Crippen LogP contribution in [-0.4, -0.2) is 23.0 Å². The van der Waals surface area contributed by atoms with E-state index < -0.39 is 11.9 Å². The lowest BCUT2D eigenvalue weighted by Gasteiger charge is -2.13. The van der Waals surface area contributed by atoms with Crippen molar-refractivity contribution in [3.05, 3.63) is 12.2 Å². The predicted molar refractivity (Wildman–Crippen MR) is 56.3 cm³/mol. The maximum atomic E-state index is 11.4. The minimum absolute atomic E-state index is 0.00862. The number of carboxylic acids is 1. The summed E-state index contributed by atoms with van der Waals surface area (Å²) in [6.45, 7) is 3.95. The molecular formula is C11H17NO3. The van der Waals surface area contributed by atoms with E-state index in [4.69, 9.17) is 5.11 Å². The SMILES string of the molecule is CC(C)CC(=O)NC1C=CC(C(=O)O)C1. The van der Waals surface area contributed by atoms with Gasteiger partial charge in [-0.05, 0) is 12.3 Å². The van der Waals surface area contributed by atoms with Crippen molar-refractivity contribution in [2.75, 3.05) is 0 Å². The zero-order valence-electron chi connectivity index (χ0n) is 9.06. The summed E-state index contributed by atoms with van der Waals surface area (Å²) in [6, 6.07) is -0.114. The Kier molecular flexibility index (Phi) is 3.88. The van der Waals surface area contributed by atoms with E-state index in [0.717, 1.165) is 0 Å². The smallest absolute Gasteiger partial charge is 0.310 e. The van der Waals surface area contributed by atoms with Crippen LogP contribution in [0.5, 0.6) is 0 Å². The summed E-state index contributed by atoms with van der Waals surface area (Å²) in [6.07, 6.45) is 4.36. The highest BCUT2D eigenvalue weighted by atomic mass is 16.4. The molecule has 2 unspecified atom stereocenters. The van der Waals surface area contributed by atoms with Crippen LogP contribution in [0.25, 0.3) is 0 Å². The van der Waals surface area contributed by atoms with Gasteiger partial charge in [0.15, 0.2) is 0 Å². The van der Waals surface area contributed by atoms with Crippen molar-refractivity contribution in [3.8, 4) is 0 Å². The molecule has 0 heterocycles. The van der Waals surface area contributed by atoms with Crippen LogP contribution in [0.1, 0.15) is 26.7 Å². The van der Waals surface area contributed by atoms with Crippen molar-refractivity contribution in [1.29, 1.82) is 0 Å². The van der Waals surface area contributed by atoms with Crippen LogP contribution in [0.3, 0.4) is 0 Å². The predicted octanol–water partition coefficient (Wildman–Crippen LogP) is 1.18. The van der Waals surface area contributed by atoms with Crippen molar-refractivity contribution in [2.24, 2.45) is 11.8 Å². The fraction of sp³-hybridized carbons (Fsp3) is 0.636. The molecule has 15 heavy (non-hydrogen) atoms. The lowest BCUT2D eigenvalue weighted by Crippen LogP contribution is -2.33. The van der Waals surface area contributed by atoms with Gasteiger partial charge in [-0.3, -0.25) is 9.59 Å². The number of hydrogen-bond acceptors (Lipinski definition) is 2. The maximum absolute atomic E-state index is 11.4. The molecule has 0 aliphatic heterocycles. The van der Waals surface area contributed by atoms with Gasteiger partial charge < -0.3 is 10.4 Å². The summed E-state index contributed by atoms with van der Waals surface area (Å²) < 4.78 is 0. The molecule has 1 aliphatic carbocycles. The Bertz CT molecular complexity index is 284. The zero-order valence-corrected chi connectivity index (χ0v) is 9.06. The number of carbonyl (C=O) groups is 2. The van der Waals surface area contributed by atoms with E-state index in [9.17, 15) is 9.59 Å². The average molecular weight is 211 g/mol. The maximum Gasteiger partial charge on any atom is 0.310 e. The fourth-order valence-corrected chi connectivity index (χ4v) is 1.63. The third-order valence-electron chi connectivity index (χ3n) is 2.34. The summed E-state index contributed by atoms with van der Waals surface area (Å²) >= 11 is 0. The molecule has 1 aliphatic rings. The van der Waals surface area contributed by atoms with E-state index in [-0.39, 0.29) is 11.9 Å². The molecule has 0 aromatic heterocycles. The summed E-state index contributed by atoms with van der Waals surface area (Å²) in [7, 11) is 0. The Hall–Kier alpha value is -1.32. The molecule has 0 spiro atoms. The lowest BCUT2D eigenvalue weighted by molar-refractivity contribution is -0.140. The first kappa shape index (κ1) is 11.8. The highest BCUT2D eigenvalue weighted by Crippen LogP contribution is 2.18. The quantitative estimate of drug-likeness (QED) is 0.686. The van der Waals surface area contributed by atoms with Crippen LogP contribution in [-0.2, 0) is 9.59 Å². The van der Waals surface area contributed by atoms with E-state index >= 15 is 0 Å². The number of aliphatic carboxylic acids is 1. The Morgan fingerprint density at radius 2 is 2.13 bits per heavy atom. The van der Waals surface area contributed by atoms with E-state index in [2.05, 4.69) is 5.32 Å². The minimum Gasteiger partial charge on any atom is -0.481 e. The number of nitrogens with one attached hydrogen (secondary N) is 1. The minimum atomic E-state index is -0.827. The molecule has 1 amide bonds. The van der Waals surface area contributed by atoms with Gasteiger partial charge in [0.05, 0.1) is 5.92 Å². The summed E-state index contributed by atoms with van der Waals surface area (Å²) in [5.74, 6) is -0.961. The first-order valence-corrected chi connectivity index (χ1v) is 5.19. The Morgan fingerprint density at radius 3 is 2.60 bits per heavy atom. The Balaban J connectivity index is 2.34. The molecule has 0 saturated heterocycles. The first-order chi connectivity index (χ1) is 6.99. The van der Waals surface area contributed by atoms with Gasteiger partial charge in [-0.25, -0.2) is 0 Å². The third-order valence-corrected chi connectivity index (χ3v) is 2.34. The lowest BCUT2D eigenvalue weighted by atomic mass is 10.1. The van der Waals surface area contributed by atoms with Crippen LogP contribution in [0, 0.1) is 11.8 Å². The van der Waals surface area contributed by atoms with E-state index in [1.165, 1.54) is 0 Å². The van der Waals surface area contributed by atoms with Gasteiger partial charge in [0.2, 0.25) is 5.91 Å². The van der Waals surface area contributed by atoms with Crippen molar-refractivity contribution >= 4 is 11.9 Å². The Labute approximate surface area is 89.4 Å². The van der Waals surface area contributed by atoms with E-state index in [1.54, 1.807) is 12.2 Å². The number of amides is 1. The number of carboxylic acid groups (broad SMARTS) is 1. The largest absolute Gasteiger partial charge is 0.481 e. The molecule has 0 bridgehead atoms. The van der Waals surface area contributed by atoms with Gasteiger partial charge in [0.25, 0.3) is 0 Å². The molecule has 0 aromatic rings. The van der Waals surface area contributed by atoms with Gasteiger partial charge in [0.1, 0.15) is 0 Å². The molecule has 0 aromatic carbocycles. The molecule has 4 nitrogen and oxygen atoms in total. The van der Waals surface area contributed by atoms with Gasteiger partial charge >= 0.3 is 5.97 Å². The molecule has 1 rings (SSSR count). The second kappa shape index (κ2) is 4.96. The second-order valence-corrected chi connectivity index (χ2v) is 4.34. The second-order valence-electron chi connectivity index (χ2n) is 4.34. The van der Waals surface area contributed by atoms with E-state index in [0.29, 0.717) is 18.8 Å². The number of hydrogen-bond donors (Lipinski definition) is 2. The van der Waals surface area contributed by atoms with Gasteiger partial charge in [-0.15, -0.1) is 0 Å². The molecule has 4 heteroatoms. The van der Waals surface area contributed by atoms with Crippen LogP contribution in [0.2, 0.25) is 0 Å². The van der Waals surface area contributed by atoms with E-state index in [1.807, 2.05) is 13.8 Å². The fourth-order valence-electron chi connectivity index (χ4n) is 1.63. The van der Waals surface area contributed by atoms with Crippen molar-refractivity contribution in [2.45, 2.75) is 32.7 Å². The average Bonchev–Trinajstić information content (AvgIpc) is 2.50. The number of rotatable bonds is 4. The van der Waals surface area contributed by atoms with Crippen LogP contribution < -0.4 is 5.32 Å². The summed E-state index contributed by atoms with van der Waals surface area (Å²) in [4.78, 5) is 22.0. The van der Waals surface area contributed by atoms with Crippen molar-refractivity contribution < 1.29 is 14.7 Å². The highest BCUT2D eigenvalue weighted by Gasteiger charge is 2.25. The summed E-state index contributed by atoms with van der Waals surface area (Å²) in [5.41, 5.74) is 0. The van der Waals surface area contributed by atoms with Crippen molar-refractivity contribution in [1.82, 2.24) is 5.32 Å². The standard InChI is InChI=1S/C11H17NO3/c1-7(2)5-10(13)12-9-4-3-8(6-9)11(14)15/h3-4,7-9H,5-6H2,1-2H3,(H,12,13)(H,14,15). The molecular weight excluding hydrogens is 194 g/mol. The number of carbonyl (C=O) groups excluding carboxylic acids is 1. The normalized spacial score (nSPS) is 24.5. The molecule has 0 saturated carbocycles. The third kappa shape index (κ3) is 3.73. The van der Waals surface area contributed by atoms with Gasteiger partial charge in [-0.2, -0.15) is 0 Å². The molecule has 2 N–H and O–H groups in total. The van der Waals surface area contributed by atoms with Gasteiger partial charge in [-0.1, -0.05) is 26.0 Å².